The number of aromatic nitrogens is 2. The lowest BCUT2D eigenvalue weighted by Crippen LogP contribution is -2.05. The lowest BCUT2D eigenvalue weighted by atomic mass is 10.2. The summed E-state index contributed by atoms with van der Waals surface area (Å²) in [7, 11) is 0. The first-order chi connectivity index (χ1) is 8.79. The summed E-state index contributed by atoms with van der Waals surface area (Å²) in [6, 6.07) is 11.4. The number of hydrogen-bond acceptors (Lipinski definition) is 3. The van der Waals surface area contributed by atoms with Crippen LogP contribution in [0, 0.1) is 18.3 Å². The Kier molecular flexibility index (Phi) is 3.98. The van der Waals surface area contributed by atoms with E-state index in [1.165, 1.54) is 0 Å². The van der Waals surface area contributed by atoms with Crippen LogP contribution in [0.15, 0.2) is 36.5 Å². The van der Waals surface area contributed by atoms with Crippen LogP contribution < -0.4 is 4.74 Å². The number of nitriles is 1. The minimum atomic E-state index is 0.576. The quantitative estimate of drug-likeness (QED) is 0.756. The molecular formula is C14H15N3O. The Morgan fingerprint density at radius 2 is 2.17 bits per heavy atom. The van der Waals surface area contributed by atoms with Gasteiger partial charge in [0.1, 0.15) is 11.8 Å². The number of ether oxygens (including phenoxy) is 1. The molecule has 0 radical (unpaired) electrons. The monoisotopic (exact) mass is 241 g/mol. The third-order valence-corrected chi connectivity index (χ3v) is 2.57. The van der Waals surface area contributed by atoms with Crippen LogP contribution in [0.25, 0.3) is 0 Å². The standard InChI is InChI=1S/C14H15N3O/c1-12-7-9-17(16-12)8-4-10-18-14-6-3-2-5-13(14)11-15/h2-3,5-7,9H,4,8,10H2,1H3. The van der Waals surface area contributed by atoms with Gasteiger partial charge in [0, 0.05) is 19.2 Å². The molecule has 1 aromatic carbocycles. The molecule has 0 unspecified atom stereocenters. The molecule has 0 saturated carbocycles. The first-order valence-corrected chi connectivity index (χ1v) is 5.91. The zero-order chi connectivity index (χ0) is 12.8. The Morgan fingerprint density at radius 1 is 1.33 bits per heavy atom. The van der Waals surface area contributed by atoms with Crippen LogP contribution in [0.5, 0.6) is 5.75 Å². The first-order valence-electron chi connectivity index (χ1n) is 5.91. The summed E-state index contributed by atoms with van der Waals surface area (Å²) in [5.74, 6) is 0.650. The average molecular weight is 241 g/mol. The van der Waals surface area contributed by atoms with Gasteiger partial charge in [-0.15, -0.1) is 0 Å². The Hall–Kier alpha value is -2.28. The van der Waals surface area contributed by atoms with Crippen molar-refractivity contribution in [3.05, 3.63) is 47.8 Å². The molecule has 92 valence electrons. The normalized spacial score (nSPS) is 10.0. The fourth-order valence-electron chi connectivity index (χ4n) is 1.68. The molecule has 2 rings (SSSR count). The van der Waals surface area contributed by atoms with Gasteiger partial charge in [-0.05, 0) is 25.1 Å². The highest BCUT2D eigenvalue weighted by molar-refractivity contribution is 5.42. The van der Waals surface area contributed by atoms with E-state index in [0.717, 1.165) is 18.7 Å². The van der Waals surface area contributed by atoms with Crippen LogP contribution in [0.3, 0.4) is 0 Å². The van der Waals surface area contributed by atoms with Crippen LogP contribution >= 0.6 is 0 Å². The van der Waals surface area contributed by atoms with Crippen molar-refractivity contribution in [2.75, 3.05) is 6.61 Å². The van der Waals surface area contributed by atoms with E-state index in [4.69, 9.17) is 10.00 Å². The van der Waals surface area contributed by atoms with Gasteiger partial charge in [0.2, 0.25) is 0 Å². The van der Waals surface area contributed by atoms with Crippen molar-refractivity contribution < 1.29 is 4.74 Å². The predicted octanol–water partition coefficient (Wildman–Crippen LogP) is 2.53. The van der Waals surface area contributed by atoms with Gasteiger partial charge in [0.05, 0.1) is 17.9 Å². The molecule has 1 aromatic heterocycles. The maximum atomic E-state index is 8.91. The summed E-state index contributed by atoms with van der Waals surface area (Å²) >= 11 is 0. The highest BCUT2D eigenvalue weighted by atomic mass is 16.5. The average Bonchev–Trinajstić information content (AvgIpc) is 2.81. The van der Waals surface area contributed by atoms with E-state index in [-0.39, 0.29) is 0 Å². The largest absolute Gasteiger partial charge is 0.492 e. The van der Waals surface area contributed by atoms with Crippen LogP contribution in [-0.4, -0.2) is 16.4 Å². The highest BCUT2D eigenvalue weighted by Crippen LogP contribution is 2.16. The molecule has 0 aliphatic rings. The molecule has 4 nitrogen and oxygen atoms in total. The van der Waals surface area contributed by atoms with Gasteiger partial charge in [-0.2, -0.15) is 10.4 Å². The number of rotatable bonds is 5. The van der Waals surface area contributed by atoms with E-state index in [1.807, 2.05) is 42.1 Å². The summed E-state index contributed by atoms with van der Waals surface area (Å²) < 4.78 is 7.49. The zero-order valence-electron chi connectivity index (χ0n) is 10.3. The molecule has 4 heteroatoms. The SMILES string of the molecule is Cc1ccn(CCCOc2ccccc2C#N)n1. The number of hydrogen-bond donors (Lipinski definition) is 0. The van der Waals surface area contributed by atoms with Gasteiger partial charge in [0.25, 0.3) is 0 Å². The second-order valence-electron chi connectivity index (χ2n) is 4.03. The molecule has 0 fully saturated rings. The molecule has 1 heterocycles. The predicted molar refractivity (Wildman–Crippen MR) is 68.2 cm³/mol. The Balaban J connectivity index is 1.80. The summed E-state index contributed by atoms with van der Waals surface area (Å²) in [5.41, 5.74) is 1.60. The van der Waals surface area contributed by atoms with Gasteiger partial charge in [-0.25, -0.2) is 0 Å². The smallest absolute Gasteiger partial charge is 0.137 e. The number of para-hydroxylation sites is 1. The maximum absolute atomic E-state index is 8.91. The highest BCUT2D eigenvalue weighted by Gasteiger charge is 2.01. The van der Waals surface area contributed by atoms with E-state index >= 15 is 0 Å². The van der Waals surface area contributed by atoms with Gasteiger partial charge >= 0.3 is 0 Å². The molecule has 2 aromatic rings. The molecular weight excluding hydrogens is 226 g/mol. The number of aryl methyl sites for hydroxylation is 2. The lowest BCUT2D eigenvalue weighted by molar-refractivity contribution is 0.298. The van der Waals surface area contributed by atoms with Crippen molar-refractivity contribution in [1.82, 2.24) is 9.78 Å². The topological polar surface area (TPSA) is 50.8 Å². The van der Waals surface area contributed by atoms with Crippen LogP contribution in [0.2, 0.25) is 0 Å². The summed E-state index contributed by atoms with van der Waals surface area (Å²) in [6.07, 6.45) is 2.82. The number of benzene rings is 1. The van der Waals surface area contributed by atoms with Gasteiger partial charge in [-0.1, -0.05) is 12.1 Å². The second kappa shape index (κ2) is 5.87. The van der Waals surface area contributed by atoms with E-state index < -0.39 is 0 Å². The Bertz CT molecular complexity index is 554. The third kappa shape index (κ3) is 3.11. The van der Waals surface area contributed by atoms with Crippen molar-refractivity contribution >= 4 is 0 Å². The third-order valence-electron chi connectivity index (χ3n) is 2.57. The minimum absolute atomic E-state index is 0.576. The minimum Gasteiger partial charge on any atom is -0.492 e. The van der Waals surface area contributed by atoms with Crippen LogP contribution in [0.1, 0.15) is 17.7 Å². The maximum Gasteiger partial charge on any atom is 0.137 e. The van der Waals surface area contributed by atoms with Gasteiger partial charge < -0.3 is 4.74 Å². The Morgan fingerprint density at radius 3 is 2.89 bits per heavy atom. The van der Waals surface area contributed by atoms with E-state index in [0.29, 0.717) is 17.9 Å². The van der Waals surface area contributed by atoms with Gasteiger partial charge in [0.15, 0.2) is 0 Å². The second-order valence-corrected chi connectivity index (χ2v) is 4.03. The van der Waals surface area contributed by atoms with E-state index in [9.17, 15) is 0 Å². The van der Waals surface area contributed by atoms with Crippen LogP contribution in [0.4, 0.5) is 0 Å². The number of nitrogens with zero attached hydrogens (tertiary/aromatic N) is 3. The molecule has 0 spiro atoms. The lowest BCUT2D eigenvalue weighted by Gasteiger charge is -2.07. The molecule has 0 N–H and O–H groups in total. The fourth-order valence-corrected chi connectivity index (χ4v) is 1.68. The molecule has 0 aliphatic carbocycles. The van der Waals surface area contributed by atoms with Crippen molar-refractivity contribution in [3.63, 3.8) is 0 Å². The van der Waals surface area contributed by atoms with Crippen molar-refractivity contribution in [3.8, 4) is 11.8 Å². The molecule has 0 bridgehead atoms. The van der Waals surface area contributed by atoms with E-state index in [2.05, 4.69) is 11.2 Å². The summed E-state index contributed by atoms with van der Waals surface area (Å²) in [6.45, 7) is 3.37. The Labute approximate surface area is 106 Å². The molecule has 18 heavy (non-hydrogen) atoms. The molecule has 0 saturated heterocycles. The van der Waals surface area contributed by atoms with E-state index in [1.54, 1.807) is 6.07 Å². The fraction of sp³-hybridized carbons (Fsp3) is 0.286. The zero-order valence-corrected chi connectivity index (χ0v) is 10.3. The first kappa shape index (κ1) is 12.2. The van der Waals surface area contributed by atoms with Crippen molar-refractivity contribution in [1.29, 1.82) is 5.26 Å². The summed E-state index contributed by atoms with van der Waals surface area (Å²) in [4.78, 5) is 0. The molecule has 0 aliphatic heterocycles. The summed E-state index contributed by atoms with van der Waals surface area (Å²) in [5, 5.41) is 13.2. The molecule has 0 atom stereocenters. The van der Waals surface area contributed by atoms with Crippen molar-refractivity contribution in [2.24, 2.45) is 0 Å². The van der Waals surface area contributed by atoms with Gasteiger partial charge in [-0.3, -0.25) is 4.68 Å². The van der Waals surface area contributed by atoms with Crippen LogP contribution in [-0.2, 0) is 6.54 Å². The molecule has 0 amide bonds. The van der Waals surface area contributed by atoms with Crippen molar-refractivity contribution in [2.45, 2.75) is 19.9 Å².